The smallest absolute Gasteiger partial charge is 0.456 e. The normalized spacial score (nSPS) is 15.1. The van der Waals surface area contributed by atoms with Crippen LogP contribution in [0.2, 0.25) is 0 Å². The molecule has 0 unspecified atom stereocenters. The Balaban J connectivity index is 0.000000461. The minimum atomic E-state index is -6.00. The summed E-state index contributed by atoms with van der Waals surface area (Å²) in [5.41, 5.74) is 8.67. The van der Waals surface area contributed by atoms with E-state index in [1.807, 2.05) is 24.3 Å². The number of fused-ring (bicyclic) bond motifs is 2. The Morgan fingerprint density at radius 2 is 1.10 bits per heavy atom. The molecule has 2 aromatic carbocycles. The molecule has 2 aromatic rings. The summed E-state index contributed by atoms with van der Waals surface area (Å²) in [6, 6.07) is 16.6. The third kappa shape index (κ3) is 4.73. The third-order valence-corrected chi connectivity index (χ3v) is 4.82. The largest absolute Gasteiger partial charge is 0.673 e. The molecule has 0 saturated carbocycles. The fourth-order valence-electron chi connectivity index (χ4n) is 3.65. The summed E-state index contributed by atoms with van der Waals surface area (Å²) in [4.78, 5) is 0. The number of halogens is 4. The zero-order valence-corrected chi connectivity index (χ0v) is 17.2. The van der Waals surface area contributed by atoms with Gasteiger partial charge < -0.3 is 22.0 Å². The average Bonchev–Trinajstić information content (AvgIpc) is 2.65. The standard InChI is InChI=1S/C23H22NO.BF4/c1-15-13-17(24(3)4)14-16(2)22(15)23-18-9-5-7-11-20(18)25-21-12-8-6-10-19(21)23;2-1(3,4)5/h5-14H,1-4H3;/q+1;-1. The summed E-state index contributed by atoms with van der Waals surface area (Å²) in [5, 5.41) is 0. The fraction of sp³-hybridized carbons (Fsp3) is 0.174. The van der Waals surface area contributed by atoms with E-state index in [4.69, 9.17) is 4.74 Å². The monoisotopic (exact) mass is 415 g/mol. The van der Waals surface area contributed by atoms with Crippen LogP contribution in [0.5, 0.6) is 11.5 Å². The van der Waals surface area contributed by atoms with Crippen molar-refractivity contribution in [2.24, 2.45) is 0 Å². The van der Waals surface area contributed by atoms with Crippen molar-refractivity contribution < 1.29 is 26.6 Å². The second-order valence-corrected chi connectivity index (χ2v) is 7.31. The van der Waals surface area contributed by atoms with Gasteiger partial charge in [0, 0.05) is 28.9 Å². The van der Waals surface area contributed by atoms with Crippen LogP contribution in [0.4, 0.5) is 17.3 Å². The van der Waals surface area contributed by atoms with E-state index in [9.17, 15) is 17.3 Å². The maximum absolute atomic E-state index is 9.75. The van der Waals surface area contributed by atoms with Crippen LogP contribution in [0.15, 0.2) is 77.4 Å². The van der Waals surface area contributed by atoms with Crippen LogP contribution < -0.4 is 4.74 Å². The summed E-state index contributed by atoms with van der Waals surface area (Å²) >= 11 is 0. The summed E-state index contributed by atoms with van der Waals surface area (Å²) in [6.45, 7) is 4.39. The lowest BCUT2D eigenvalue weighted by Gasteiger charge is -2.27. The summed E-state index contributed by atoms with van der Waals surface area (Å²) < 4.78 is 47.3. The number of allylic oxidation sites excluding steroid dienone is 5. The van der Waals surface area contributed by atoms with Crippen molar-refractivity contribution >= 4 is 18.5 Å². The number of hydrogen-bond acceptors (Lipinski definition) is 1. The SMILES string of the molecule is CC1=CC(=[N+](C)C)C=C(C)C1=C1c2ccccc2Oc2ccccc21.F[B-](F)(F)F. The highest BCUT2D eigenvalue weighted by Crippen LogP contribution is 2.47. The van der Waals surface area contributed by atoms with Gasteiger partial charge in [-0.3, -0.25) is 0 Å². The van der Waals surface area contributed by atoms with Crippen molar-refractivity contribution in [1.29, 1.82) is 0 Å². The van der Waals surface area contributed by atoms with E-state index < -0.39 is 7.25 Å². The molecule has 0 aromatic heterocycles. The maximum atomic E-state index is 9.75. The number of nitrogens with zero attached hydrogens (tertiary/aromatic N) is 1. The number of para-hydroxylation sites is 2. The fourth-order valence-corrected chi connectivity index (χ4v) is 3.65. The van der Waals surface area contributed by atoms with Crippen molar-refractivity contribution in [2.75, 3.05) is 14.1 Å². The van der Waals surface area contributed by atoms with E-state index in [0.29, 0.717) is 0 Å². The first kappa shape index (κ1) is 21.6. The maximum Gasteiger partial charge on any atom is 0.673 e. The highest BCUT2D eigenvalue weighted by molar-refractivity contribution is 6.50. The van der Waals surface area contributed by atoms with Crippen LogP contribution in [-0.2, 0) is 0 Å². The van der Waals surface area contributed by atoms with Crippen LogP contribution >= 0.6 is 0 Å². The quantitative estimate of drug-likeness (QED) is 0.232. The molecular weight excluding hydrogens is 393 g/mol. The second kappa shape index (κ2) is 8.34. The minimum absolute atomic E-state index is 0.923. The predicted molar refractivity (Wildman–Crippen MR) is 114 cm³/mol. The Morgan fingerprint density at radius 3 is 1.50 bits per heavy atom. The molecule has 0 N–H and O–H groups in total. The highest BCUT2D eigenvalue weighted by atomic mass is 19.5. The second-order valence-electron chi connectivity index (χ2n) is 7.31. The Bertz CT molecular complexity index is 1030. The molecule has 0 fully saturated rings. The Kier molecular flexibility index (Phi) is 6.01. The molecule has 2 aliphatic rings. The first-order valence-electron chi connectivity index (χ1n) is 9.46. The first-order valence-corrected chi connectivity index (χ1v) is 9.46. The van der Waals surface area contributed by atoms with E-state index in [1.165, 1.54) is 28.0 Å². The van der Waals surface area contributed by atoms with E-state index in [-0.39, 0.29) is 0 Å². The highest BCUT2D eigenvalue weighted by Gasteiger charge is 2.27. The van der Waals surface area contributed by atoms with Gasteiger partial charge in [0.25, 0.3) is 0 Å². The molecule has 7 heteroatoms. The van der Waals surface area contributed by atoms with E-state index in [1.54, 1.807) is 0 Å². The molecule has 0 radical (unpaired) electrons. The van der Waals surface area contributed by atoms with Gasteiger partial charge in [-0.2, -0.15) is 0 Å². The van der Waals surface area contributed by atoms with Crippen molar-refractivity contribution in [1.82, 2.24) is 0 Å². The number of hydrogen-bond donors (Lipinski definition) is 0. The van der Waals surface area contributed by atoms with Crippen molar-refractivity contribution in [3.05, 3.63) is 88.5 Å². The molecule has 30 heavy (non-hydrogen) atoms. The van der Waals surface area contributed by atoms with Gasteiger partial charge in [0.1, 0.15) is 25.6 Å². The van der Waals surface area contributed by atoms with Crippen molar-refractivity contribution in [2.45, 2.75) is 13.8 Å². The molecule has 4 rings (SSSR count). The third-order valence-electron chi connectivity index (χ3n) is 4.82. The molecule has 156 valence electrons. The first-order chi connectivity index (χ1) is 14.1. The minimum Gasteiger partial charge on any atom is -0.456 e. The van der Waals surface area contributed by atoms with Crippen LogP contribution in [0.3, 0.4) is 0 Å². The molecule has 0 atom stereocenters. The average molecular weight is 415 g/mol. The van der Waals surface area contributed by atoms with Crippen LogP contribution in [0.25, 0.3) is 5.57 Å². The van der Waals surface area contributed by atoms with Gasteiger partial charge in [-0.15, -0.1) is 0 Å². The summed E-state index contributed by atoms with van der Waals surface area (Å²) in [6.07, 6.45) is 4.52. The van der Waals surface area contributed by atoms with Gasteiger partial charge in [0.15, 0.2) is 5.71 Å². The molecule has 0 bridgehead atoms. The molecule has 0 spiro atoms. The molecule has 0 saturated heterocycles. The van der Waals surface area contributed by atoms with Gasteiger partial charge in [-0.25, -0.2) is 4.58 Å². The number of benzene rings is 2. The molecule has 2 nitrogen and oxygen atoms in total. The van der Waals surface area contributed by atoms with Crippen molar-refractivity contribution in [3.63, 3.8) is 0 Å². The topological polar surface area (TPSA) is 12.2 Å². The number of ether oxygens (including phenoxy) is 1. The van der Waals surface area contributed by atoms with Gasteiger partial charge >= 0.3 is 7.25 Å². The zero-order chi connectivity index (χ0) is 22.1. The Hall–Kier alpha value is -3.09. The predicted octanol–water partition coefficient (Wildman–Crippen LogP) is 6.51. The van der Waals surface area contributed by atoms with Crippen LogP contribution in [0.1, 0.15) is 25.0 Å². The molecule has 1 aliphatic carbocycles. The summed E-state index contributed by atoms with van der Waals surface area (Å²) in [5.74, 6) is 1.85. The zero-order valence-electron chi connectivity index (χ0n) is 17.2. The molecule has 0 amide bonds. The van der Waals surface area contributed by atoms with Gasteiger partial charge in [-0.1, -0.05) is 36.4 Å². The van der Waals surface area contributed by atoms with Gasteiger partial charge in [0.05, 0.1) is 0 Å². The molecular formula is C23H22BF4NO. The Morgan fingerprint density at radius 1 is 0.700 bits per heavy atom. The van der Waals surface area contributed by atoms with Gasteiger partial charge in [-0.05, 0) is 42.7 Å². The van der Waals surface area contributed by atoms with Gasteiger partial charge in [0.2, 0.25) is 0 Å². The van der Waals surface area contributed by atoms with Crippen molar-refractivity contribution in [3.8, 4) is 11.5 Å². The summed E-state index contributed by atoms with van der Waals surface area (Å²) in [7, 11) is -1.83. The molecule has 1 aliphatic heterocycles. The van der Waals surface area contributed by atoms with E-state index in [2.05, 4.69) is 68.9 Å². The van der Waals surface area contributed by atoms with Crippen LogP contribution in [-0.4, -0.2) is 31.6 Å². The Labute approximate surface area is 173 Å². The number of rotatable bonds is 0. The van der Waals surface area contributed by atoms with E-state index >= 15 is 0 Å². The van der Waals surface area contributed by atoms with Crippen LogP contribution in [0, 0.1) is 0 Å². The van der Waals surface area contributed by atoms with E-state index in [0.717, 1.165) is 22.6 Å². The lowest BCUT2D eigenvalue weighted by molar-refractivity contribution is -0.462. The lowest BCUT2D eigenvalue weighted by atomic mass is 9.82. The lowest BCUT2D eigenvalue weighted by Crippen LogP contribution is -2.15. The molecule has 1 heterocycles.